The predicted molar refractivity (Wildman–Crippen MR) is 391 cm³/mol. The number of aliphatic hydroxyl groups excluding tert-OH is 1. The van der Waals surface area contributed by atoms with Crippen molar-refractivity contribution in [2.75, 3.05) is 39.6 Å². The molecule has 0 spiro atoms. The van der Waals surface area contributed by atoms with Crippen molar-refractivity contribution >= 4 is 39.5 Å². The van der Waals surface area contributed by atoms with Crippen LogP contribution in [0.2, 0.25) is 0 Å². The van der Waals surface area contributed by atoms with Crippen LogP contribution >= 0.6 is 15.6 Å². The highest BCUT2D eigenvalue weighted by atomic mass is 31.2. The van der Waals surface area contributed by atoms with E-state index in [0.717, 1.165) is 120 Å². The van der Waals surface area contributed by atoms with Crippen LogP contribution in [0.25, 0.3) is 0 Å². The first-order valence-corrected chi connectivity index (χ1v) is 42.8. The van der Waals surface area contributed by atoms with Crippen LogP contribution < -0.4 is 0 Å². The highest BCUT2D eigenvalue weighted by molar-refractivity contribution is 7.47. The Morgan fingerprint density at radius 1 is 0.292 bits per heavy atom. The Labute approximate surface area is 588 Å². The lowest BCUT2D eigenvalue weighted by atomic mass is 9.99. The summed E-state index contributed by atoms with van der Waals surface area (Å²) in [6.45, 7) is 14.2. The van der Waals surface area contributed by atoms with Gasteiger partial charge in [-0.1, -0.05) is 338 Å². The van der Waals surface area contributed by atoms with Crippen LogP contribution in [0.15, 0.2) is 0 Å². The minimum atomic E-state index is -4.96. The second-order valence-electron chi connectivity index (χ2n) is 29.2. The summed E-state index contributed by atoms with van der Waals surface area (Å²) in [6, 6.07) is 0. The summed E-state index contributed by atoms with van der Waals surface area (Å²) < 4.78 is 68.6. The third kappa shape index (κ3) is 67.9. The number of carbonyl (C=O) groups is 4. The Bertz CT molecular complexity index is 1890. The van der Waals surface area contributed by atoms with Gasteiger partial charge in [-0.3, -0.25) is 37.3 Å². The number of hydrogen-bond donors (Lipinski definition) is 3. The van der Waals surface area contributed by atoms with Gasteiger partial charge in [0.15, 0.2) is 12.2 Å². The second-order valence-corrected chi connectivity index (χ2v) is 32.1. The van der Waals surface area contributed by atoms with Gasteiger partial charge >= 0.3 is 39.5 Å². The second kappa shape index (κ2) is 66.3. The van der Waals surface area contributed by atoms with E-state index < -0.39 is 97.5 Å². The topological polar surface area (TPSA) is 237 Å². The smallest absolute Gasteiger partial charge is 0.462 e. The fourth-order valence-corrected chi connectivity index (χ4v) is 13.2. The van der Waals surface area contributed by atoms with E-state index in [1.165, 1.54) is 186 Å². The number of esters is 4. The lowest BCUT2D eigenvalue weighted by Crippen LogP contribution is -2.30. The van der Waals surface area contributed by atoms with Gasteiger partial charge in [0, 0.05) is 25.7 Å². The minimum absolute atomic E-state index is 0.106. The molecular formula is C77H150O17P2. The van der Waals surface area contributed by atoms with E-state index in [-0.39, 0.29) is 25.7 Å². The summed E-state index contributed by atoms with van der Waals surface area (Å²) in [4.78, 5) is 72.9. The van der Waals surface area contributed by atoms with Crippen LogP contribution in [0.3, 0.4) is 0 Å². The molecule has 0 bridgehead atoms. The molecule has 0 amide bonds. The molecule has 0 heterocycles. The van der Waals surface area contributed by atoms with Gasteiger partial charge in [0.25, 0.3) is 0 Å². The molecule has 0 saturated heterocycles. The van der Waals surface area contributed by atoms with Crippen LogP contribution in [-0.4, -0.2) is 96.7 Å². The molecule has 0 aromatic heterocycles. The minimum Gasteiger partial charge on any atom is -0.462 e. The van der Waals surface area contributed by atoms with Crippen molar-refractivity contribution in [3.05, 3.63) is 0 Å². The quantitative estimate of drug-likeness (QED) is 0.0222. The molecule has 7 atom stereocenters. The third-order valence-corrected chi connectivity index (χ3v) is 20.4. The van der Waals surface area contributed by atoms with E-state index >= 15 is 0 Å². The van der Waals surface area contributed by atoms with Gasteiger partial charge in [-0.15, -0.1) is 0 Å². The van der Waals surface area contributed by atoms with Crippen molar-refractivity contribution in [1.29, 1.82) is 0 Å². The number of unbranched alkanes of at least 4 members (excludes halogenated alkanes) is 38. The molecule has 0 rings (SSSR count). The summed E-state index contributed by atoms with van der Waals surface area (Å²) in [6.07, 6.45) is 51.3. The van der Waals surface area contributed by atoms with Crippen LogP contribution in [0, 0.1) is 23.7 Å². The van der Waals surface area contributed by atoms with Crippen LogP contribution in [0.4, 0.5) is 0 Å². The zero-order valence-electron chi connectivity index (χ0n) is 63.0. The van der Waals surface area contributed by atoms with Crippen LogP contribution in [0.5, 0.6) is 0 Å². The van der Waals surface area contributed by atoms with Gasteiger partial charge in [0.1, 0.15) is 19.3 Å². The Hall–Kier alpha value is -1.94. The highest BCUT2D eigenvalue weighted by Gasteiger charge is 2.30. The summed E-state index contributed by atoms with van der Waals surface area (Å²) in [7, 11) is -9.92. The van der Waals surface area contributed by atoms with Gasteiger partial charge in [-0.25, -0.2) is 9.13 Å². The molecule has 17 nitrogen and oxygen atoms in total. The summed E-state index contributed by atoms with van der Waals surface area (Å²) >= 11 is 0. The normalized spacial score (nSPS) is 14.7. The zero-order valence-corrected chi connectivity index (χ0v) is 64.8. The van der Waals surface area contributed by atoms with Gasteiger partial charge in [-0.2, -0.15) is 0 Å². The molecule has 4 unspecified atom stereocenters. The van der Waals surface area contributed by atoms with Gasteiger partial charge < -0.3 is 33.8 Å². The van der Waals surface area contributed by atoms with Crippen LogP contribution in [-0.2, 0) is 65.4 Å². The fraction of sp³-hybridized carbons (Fsp3) is 0.948. The molecule has 570 valence electrons. The Morgan fingerprint density at radius 3 is 0.740 bits per heavy atom. The monoisotopic (exact) mass is 1410 g/mol. The van der Waals surface area contributed by atoms with Crippen molar-refractivity contribution in [2.24, 2.45) is 23.7 Å². The first-order valence-electron chi connectivity index (χ1n) is 39.8. The molecule has 0 aromatic carbocycles. The fourth-order valence-electron chi connectivity index (χ4n) is 11.7. The average molecular weight is 1410 g/mol. The molecule has 3 N–H and O–H groups in total. The summed E-state index contributed by atoms with van der Waals surface area (Å²) in [5, 5.41) is 10.6. The SMILES string of the molecule is CCC(C)CCCCCCCCCCCCCCCCC(=O)OC[C@H](COP(=O)(O)OC[C@@H](O)COP(=O)(O)OC[C@@H](COC(=O)CCCCCCCCC(C)CC)OC(=O)CCCCCCCCCCCCCCC(C)C)OC(=O)CCCCCCCCCCCCC(C)C. The molecule has 0 fully saturated rings. The zero-order chi connectivity index (χ0) is 71.0. The largest absolute Gasteiger partial charge is 0.472 e. The van der Waals surface area contributed by atoms with Gasteiger partial charge in [0.05, 0.1) is 26.4 Å². The van der Waals surface area contributed by atoms with E-state index in [4.69, 9.17) is 37.0 Å². The maximum Gasteiger partial charge on any atom is 0.472 e. The summed E-state index contributed by atoms with van der Waals surface area (Å²) in [5.74, 6) is 0.989. The molecule has 0 aromatic rings. The van der Waals surface area contributed by atoms with Crippen molar-refractivity contribution in [1.82, 2.24) is 0 Å². The molecular weight excluding hydrogens is 1260 g/mol. The van der Waals surface area contributed by atoms with E-state index in [2.05, 4.69) is 55.4 Å². The standard InChI is InChI=1S/C77H150O17P2/c1-9-69(7)55-47-39-31-25-18-13-11-12-14-19-26-32-41-49-57-74(79)87-63-72(93-77(82)60-52-44-34-28-22-21-24-30-38-46-54-68(5)6)65-91-95(83,84)89-61-71(78)62-90-96(85,86)92-66-73(64-88-75(80)58-50-42-36-35-40-48-56-70(8)10-2)94-76(81)59-51-43-33-27-20-16-15-17-23-29-37-45-53-67(3)4/h67-73,78H,9-66H2,1-8H3,(H,83,84)(H,85,86)/t69?,70?,71-,72-,73-/m1/s1. The van der Waals surface area contributed by atoms with Crippen molar-refractivity contribution < 1.29 is 80.2 Å². The molecule has 0 aliphatic heterocycles. The Balaban J connectivity index is 5.24. The van der Waals surface area contributed by atoms with E-state index in [1.807, 2.05) is 0 Å². The molecule has 96 heavy (non-hydrogen) atoms. The molecule has 0 aliphatic rings. The molecule has 19 heteroatoms. The predicted octanol–water partition coefficient (Wildman–Crippen LogP) is 22.4. The maximum absolute atomic E-state index is 13.1. The Morgan fingerprint density at radius 2 is 0.500 bits per heavy atom. The number of phosphoric ester groups is 2. The molecule has 0 aliphatic carbocycles. The number of ether oxygens (including phenoxy) is 4. The van der Waals surface area contributed by atoms with E-state index in [9.17, 15) is 43.2 Å². The lowest BCUT2D eigenvalue weighted by Gasteiger charge is -2.21. The first kappa shape index (κ1) is 94.1. The number of hydrogen-bond acceptors (Lipinski definition) is 15. The van der Waals surface area contributed by atoms with Crippen LogP contribution in [0.1, 0.15) is 389 Å². The van der Waals surface area contributed by atoms with E-state index in [1.54, 1.807) is 0 Å². The van der Waals surface area contributed by atoms with E-state index in [0.29, 0.717) is 25.7 Å². The number of aliphatic hydroxyl groups is 1. The molecule has 0 saturated carbocycles. The van der Waals surface area contributed by atoms with Gasteiger partial charge in [-0.05, 0) is 49.4 Å². The maximum atomic E-state index is 13.1. The van der Waals surface area contributed by atoms with Crippen molar-refractivity contribution in [3.63, 3.8) is 0 Å². The summed E-state index contributed by atoms with van der Waals surface area (Å²) in [5.41, 5.74) is 0. The van der Waals surface area contributed by atoms with Gasteiger partial charge in [0.2, 0.25) is 0 Å². The highest BCUT2D eigenvalue weighted by Crippen LogP contribution is 2.45. The van der Waals surface area contributed by atoms with Crippen molar-refractivity contribution in [3.8, 4) is 0 Å². The Kier molecular flexibility index (Phi) is 65.0. The number of rotatable bonds is 74. The molecule has 0 radical (unpaired) electrons. The number of phosphoric acid groups is 2. The lowest BCUT2D eigenvalue weighted by molar-refractivity contribution is -0.161. The third-order valence-electron chi connectivity index (χ3n) is 18.5. The first-order chi connectivity index (χ1) is 46.2. The number of carbonyl (C=O) groups excluding carboxylic acids is 4. The average Bonchev–Trinajstić information content (AvgIpc) is 2.31. The van der Waals surface area contributed by atoms with Crippen molar-refractivity contribution in [2.45, 2.75) is 408 Å².